The second kappa shape index (κ2) is 4.88. The predicted octanol–water partition coefficient (Wildman–Crippen LogP) is 5.26. The van der Waals surface area contributed by atoms with Crippen molar-refractivity contribution in [3.63, 3.8) is 0 Å². The van der Waals surface area contributed by atoms with Crippen LogP contribution in [0.25, 0.3) is 10.9 Å². The molecule has 1 heterocycles. The highest BCUT2D eigenvalue weighted by atomic mass is 14.7. The minimum atomic E-state index is 0.595. The van der Waals surface area contributed by atoms with E-state index in [1.807, 2.05) is 0 Å². The summed E-state index contributed by atoms with van der Waals surface area (Å²) in [6.45, 7) is 7.00. The maximum Gasteiger partial charge on any atom is 0.0457 e. The van der Waals surface area contributed by atoms with E-state index in [4.69, 9.17) is 0 Å². The molecule has 1 aromatic carbocycles. The molecule has 0 aliphatic heterocycles. The summed E-state index contributed by atoms with van der Waals surface area (Å²) in [5.74, 6) is 2.19. The predicted molar refractivity (Wildman–Crippen MR) is 82.4 cm³/mol. The van der Waals surface area contributed by atoms with Crippen LogP contribution in [-0.2, 0) is 0 Å². The molecule has 0 fully saturated rings. The minimum absolute atomic E-state index is 0.595. The molecule has 3 rings (SSSR count). The van der Waals surface area contributed by atoms with Gasteiger partial charge in [0, 0.05) is 23.0 Å². The summed E-state index contributed by atoms with van der Waals surface area (Å²) >= 11 is 0. The topological polar surface area (TPSA) is 15.8 Å². The number of H-pyrrole nitrogens is 1. The minimum Gasteiger partial charge on any atom is -0.361 e. The van der Waals surface area contributed by atoms with Gasteiger partial charge in [0.15, 0.2) is 0 Å². The quantitative estimate of drug-likeness (QED) is 0.702. The smallest absolute Gasteiger partial charge is 0.0457 e. The van der Waals surface area contributed by atoms with Crippen molar-refractivity contribution in [1.29, 1.82) is 0 Å². The molecule has 2 atom stereocenters. The standard InChI is InChI=1S/C18H23N/c1-12(2)14-9-8-13(3)16(10-14)17-11-19-18-7-5-4-6-15(17)18/h4-8,11-12,14,16,19H,9-10H2,1-3H3/t14-,16+/m1/s1. The van der Waals surface area contributed by atoms with Gasteiger partial charge in [0.05, 0.1) is 0 Å². The number of hydrogen-bond acceptors (Lipinski definition) is 0. The highest BCUT2D eigenvalue weighted by Gasteiger charge is 2.26. The molecule has 0 spiro atoms. The van der Waals surface area contributed by atoms with Gasteiger partial charge in [0.25, 0.3) is 0 Å². The summed E-state index contributed by atoms with van der Waals surface area (Å²) in [6.07, 6.45) is 7.22. The van der Waals surface area contributed by atoms with Gasteiger partial charge in [-0.1, -0.05) is 43.7 Å². The highest BCUT2D eigenvalue weighted by Crippen LogP contribution is 2.41. The highest BCUT2D eigenvalue weighted by molar-refractivity contribution is 5.84. The van der Waals surface area contributed by atoms with Gasteiger partial charge in [0.1, 0.15) is 0 Å². The Labute approximate surface area is 115 Å². The number of benzene rings is 1. The second-order valence-corrected chi connectivity index (χ2v) is 6.27. The van der Waals surface area contributed by atoms with Gasteiger partial charge in [-0.3, -0.25) is 0 Å². The zero-order valence-corrected chi connectivity index (χ0v) is 12.1. The fourth-order valence-electron chi connectivity index (χ4n) is 3.36. The molecule has 1 N–H and O–H groups in total. The Hall–Kier alpha value is -1.50. The van der Waals surface area contributed by atoms with Crippen LogP contribution in [0.4, 0.5) is 0 Å². The van der Waals surface area contributed by atoms with Crippen LogP contribution in [-0.4, -0.2) is 4.98 Å². The van der Waals surface area contributed by atoms with Crippen LogP contribution in [0, 0.1) is 11.8 Å². The number of fused-ring (bicyclic) bond motifs is 1. The molecule has 1 aliphatic carbocycles. The van der Waals surface area contributed by atoms with Crippen LogP contribution >= 0.6 is 0 Å². The fourth-order valence-corrected chi connectivity index (χ4v) is 3.36. The maximum atomic E-state index is 3.42. The fraction of sp³-hybridized carbons (Fsp3) is 0.444. The number of aromatic nitrogens is 1. The van der Waals surface area contributed by atoms with E-state index >= 15 is 0 Å². The lowest BCUT2D eigenvalue weighted by Crippen LogP contribution is -2.17. The molecule has 1 aromatic heterocycles. The molecule has 0 radical (unpaired) electrons. The molecule has 19 heavy (non-hydrogen) atoms. The zero-order valence-electron chi connectivity index (χ0n) is 12.1. The van der Waals surface area contributed by atoms with E-state index in [0.29, 0.717) is 5.92 Å². The number of para-hydroxylation sites is 1. The first kappa shape index (κ1) is 12.5. The van der Waals surface area contributed by atoms with Crippen molar-refractivity contribution in [2.24, 2.45) is 11.8 Å². The van der Waals surface area contributed by atoms with E-state index in [1.165, 1.54) is 29.3 Å². The first-order valence-corrected chi connectivity index (χ1v) is 7.39. The Balaban J connectivity index is 2.01. The Morgan fingerprint density at radius 2 is 2.00 bits per heavy atom. The molecule has 1 aliphatic rings. The van der Waals surface area contributed by atoms with Crippen LogP contribution in [0.3, 0.4) is 0 Å². The molecule has 0 saturated heterocycles. The van der Waals surface area contributed by atoms with Crippen LogP contribution in [0.1, 0.15) is 45.1 Å². The van der Waals surface area contributed by atoms with Crippen molar-refractivity contribution >= 4 is 10.9 Å². The van der Waals surface area contributed by atoms with Gasteiger partial charge in [-0.15, -0.1) is 0 Å². The normalized spacial score (nSPS) is 23.9. The van der Waals surface area contributed by atoms with Crippen molar-refractivity contribution in [3.05, 3.63) is 47.7 Å². The third-order valence-electron chi connectivity index (χ3n) is 4.77. The lowest BCUT2D eigenvalue weighted by molar-refractivity contribution is 0.333. The first-order valence-electron chi connectivity index (χ1n) is 7.39. The third-order valence-corrected chi connectivity index (χ3v) is 4.77. The average Bonchev–Trinajstić information content (AvgIpc) is 2.83. The molecule has 1 heteroatoms. The lowest BCUT2D eigenvalue weighted by Gasteiger charge is -2.31. The lowest BCUT2D eigenvalue weighted by atomic mass is 9.74. The monoisotopic (exact) mass is 253 g/mol. The summed E-state index contributed by atoms with van der Waals surface area (Å²) in [6, 6.07) is 8.65. The van der Waals surface area contributed by atoms with Crippen molar-refractivity contribution < 1.29 is 0 Å². The van der Waals surface area contributed by atoms with Gasteiger partial charge in [0.2, 0.25) is 0 Å². The zero-order chi connectivity index (χ0) is 13.4. The summed E-state index contributed by atoms with van der Waals surface area (Å²) in [4.78, 5) is 3.42. The Morgan fingerprint density at radius 3 is 2.79 bits per heavy atom. The van der Waals surface area contributed by atoms with Crippen molar-refractivity contribution in [3.8, 4) is 0 Å². The van der Waals surface area contributed by atoms with E-state index < -0.39 is 0 Å². The maximum absolute atomic E-state index is 3.42. The Morgan fingerprint density at radius 1 is 1.21 bits per heavy atom. The Bertz CT molecular complexity index is 603. The van der Waals surface area contributed by atoms with Crippen molar-refractivity contribution in [2.75, 3.05) is 0 Å². The van der Waals surface area contributed by atoms with Gasteiger partial charge in [-0.2, -0.15) is 0 Å². The van der Waals surface area contributed by atoms with Crippen LogP contribution in [0.5, 0.6) is 0 Å². The van der Waals surface area contributed by atoms with Gasteiger partial charge < -0.3 is 4.98 Å². The van der Waals surface area contributed by atoms with Crippen LogP contribution in [0.2, 0.25) is 0 Å². The van der Waals surface area contributed by atoms with Gasteiger partial charge in [-0.25, -0.2) is 0 Å². The summed E-state index contributed by atoms with van der Waals surface area (Å²) in [5, 5.41) is 1.39. The summed E-state index contributed by atoms with van der Waals surface area (Å²) in [7, 11) is 0. The van der Waals surface area contributed by atoms with E-state index in [9.17, 15) is 0 Å². The van der Waals surface area contributed by atoms with E-state index in [1.54, 1.807) is 5.57 Å². The molecule has 2 aromatic rings. The molecule has 0 unspecified atom stereocenters. The number of aromatic amines is 1. The summed E-state index contributed by atoms with van der Waals surface area (Å²) < 4.78 is 0. The molecular formula is C18H23N. The number of nitrogens with one attached hydrogen (secondary N) is 1. The second-order valence-electron chi connectivity index (χ2n) is 6.27. The SMILES string of the molecule is CC1=CC[C@@H](C(C)C)C[C@@H]1c1c[nH]c2ccccc12. The Kier molecular flexibility index (Phi) is 3.22. The van der Waals surface area contributed by atoms with Crippen molar-refractivity contribution in [2.45, 2.75) is 39.5 Å². The largest absolute Gasteiger partial charge is 0.361 e. The van der Waals surface area contributed by atoms with Crippen LogP contribution in [0.15, 0.2) is 42.1 Å². The molecule has 0 bridgehead atoms. The molecule has 0 saturated carbocycles. The third kappa shape index (κ3) is 2.22. The van der Waals surface area contributed by atoms with E-state index in [2.05, 4.69) is 62.3 Å². The molecular weight excluding hydrogens is 230 g/mol. The first-order chi connectivity index (χ1) is 9.16. The van der Waals surface area contributed by atoms with Gasteiger partial charge in [-0.05, 0) is 43.2 Å². The average molecular weight is 253 g/mol. The van der Waals surface area contributed by atoms with Crippen LogP contribution < -0.4 is 0 Å². The molecule has 0 amide bonds. The van der Waals surface area contributed by atoms with E-state index in [-0.39, 0.29) is 0 Å². The molecule has 1 nitrogen and oxygen atoms in total. The number of hydrogen-bond donors (Lipinski definition) is 1. The number of rotatable bonds is 2. The molecule has 100 valence electrons. The van der Waals surface area contributed by atoms with Gasteiger partial charge >= 0.3 is 0 Å². The van der Waals surface area contributed by atoms with E-state index in [0.717, 1.165) is 11.8 Å². The summed E-state index contributed by atoms with van der Waals surface area (Å²) in [5.41, 5.74) is 4.29. The number of allylic oxidation sites excluding steroid dienone is 2. The van der Waals surface area contributed by atoms with Crippen molar-refractivity contribution in [1.82, 2.24) is 4.98 Å².